The molecule has 1 aromatic heterocycles. The van der Waals surface area contributed by atoms with Crippen molar-refractivity contribution < 1.29 is 41.1 Å². The number of hydrogen-bond donors (Lipinski definition) is 1. The van der Waals surface area contributed by atoms with Crippen LogP contribution in [0.3, 0.4) is 0 Å². The molecule has 0 saturated heterocycles. The minimum absolute atomic E-state index is 0.0305. The number of rotatable bonds is 10. The first kappa shape index (κ1) is 33.0. The second kappa shape index (κ2) is 11.5. The fourth-order valence-corrected chi connectivity index (χ4v) is 7.96. The van der Waals surface area contributed by atoms with Gasteiger partial charge in [0.15, 0.2) is 17.1 Å². The van der Waals surface area contributed by atoms with Crippen LogP contribution in [0.2, 0.25) is 0 Å². The van der Waals surface area contributed by atoms with E-state index in [0.717, 1.165) is 38.5 Å². The number of aliphatic hydroxyl groups is 1. The van der Waals surface area contributed by atoms with Crippen molar-refractivity contribution in [2.75, 3.05) is 11.4 Å². The summed E-state index contributed by atoms with van der Waals surface area (Å²) in [5.74, 6) is -0.233. The molecule has 1 heterocycles. The first-order chi connectivity index (χ1) is 22.6. The lowest BCUT2D eigenvalue weighted by Gasteiger charge is -2.53. The van der Waals surface area contributed by atoms with Crippen molar-refractivity contribution in [1.29, 1.82) is 0 Å². The molecule has 8 rings (SSSR count). The van der Waals surface area contributed by atoms with Crippen molar-refractivity contribution in [3.05, 3.63) is 60.0 Å². The zero-order valence-electron chi connectivity index (χ0n) is 27.1. The van der Waals surface area contributed by atoms with Gasteiger partial charge in [0, 0.05) is 29.6 Å². The Morgan fingerprint density at radius 1 is 1.02 bits per heavy atom. The highest BCUT2D eigenvalue weighted by atomic mass is 19.4. The van der Waals surface area contributed by atoms with Gasteiger partial charge in [-0.2, -0.15) is 18.2 Å². The van der Waals surface area contributed by atoms with E-state index in [4.69, 9.17) is 9.26 Å². The van der Waals surface area contributed by atoms with E-state index in [1.54, 1.807) is 35.2 Å². The molecule has 258 valence electrons. The summed E-state index contributed by atoms with van der Waals surface area (Å²) in [6.07, 6.45) is -0.839. The summed E-state index contributed by atoms with van der Waals surface area (Å²) in [5.41, 5.74) is -3.56. The predicted octanol–water partition coefficient (Wildman–Crippen LogP) is 8.34. The Kier molecular flexibility index (Phi) is 7.92. The number of carbonyl (C=O) groups is 1. The molecule has 5 saturated carbocycles. The number of fused-ring (bicyclic) bond motifs is 3. The fraction of sp³-hybridized carbons (Fsp3) is 0.583. The van der Waals surface area contributed by atoms with Gasteiger partial charge in [0.05, 0.1) is 6.10 Å². The van der Waals surface area contributed by atoms with E-state index < -0.39 is 42.0 Å². The summed E-state index contributed by atoms with van der Waals surface area (Å²) in [5, 5.41) is 14.2. The summed E-state index contributed by atoms with van der Waals surface area (Å²) in [6, 6.07) is 11.5. The van der Waals surface area contributed by atoms with Crippen molar-refractivity contribution in [3.63, 3.8) is 0 Å². The second-order valence-electron chi connectivity index (χ2n) is 15.0. The van der Waals surface area contributed by atoms with Gasteiger partial charge in [0.25, 0.3) is 5.89 Å². The smallest absolute Gasteiger partial charge is 0.417 e. The Hall–Kier alpha value is -3.54. The molecule has 0 radical (unpaired) electrons. The van der Waals surface area contributed by atoms with Gasteiger partial charge in [-0.3, -0.25) is 4.79 Å². The van der Waals surface area contributed by atoms with E-state index in [2.05, 4.69) is 10.1 Å². The third kappa shape index (κ3) is 5.98. The lowest BCUT2D eigenvalue weighted by Crippen LogP contribution is -2.56. The summed E-state index contributed by atoms with van der Waals surface area (Å²) in [6.45, 7) is 4.13. The monoisotopic (exact) mass is 673 g/mol. The molecule has 1 amide bonds. The van der Waals surface area contributed by atoms with Crippen LogP contribution in [-0.4, -0.2) is 45.6 Å². The molecular weight excluding hydrogens is 633 g/mol. The highest BCUT2D eigenvalue weighted by Crippen LogP contribution is 2.59. The van der Waals surface area contributed by atoms with Crippen LogP contribution in [0.4, 0.5) is 27.6 Å². The SMILES string of the molecule is CC(C)Oc1ccc(-c2cc(N(CC34CCC(c5noc(C6(F)CC6)n5)(CC3)CC4)C(=O)CC3CC(O)(C(F)(F)F)C3)ccc2F)cc1. The van der Waals surface area contributed by atoms with Crippen LogP contribution < -0.4 is 9.64 Å². The fourth-order valence-electron chi connectivity index (χ4n) is 7.96. The number of nitrogens with zero attached hydrogens (tertiary/aromatic N) is 3. The van der Waals surface area contributed by atoms with Crippen LogP contribution in [0.15, 0.2) is 47.0 Å². The molecule has 2 bridgehead atoms. The van der Waals surface area contributed by atoms with Crippen LogP contribution >= 0.6 is 0 Å². The maximum Gasteiger partial charge on any atom is 0.417 e. The Morgan fingerprint density at radius 3 is 2.25 bits per heavy atom. The van der Waals surface area contributed by atoms with Gasteiger partial charge in [-0.05, 0) is 125 Å². The molecule has 0 unspecified atom stereocenters. The lowest BCUT2D eigenvalue weighted by molar-refractivity contribution is -0.298. The molecule has 0 aliphatic heterocycles. The number of amides is 1. The number of carbonyl (C=O) groups excluding carboxylic acids is 1. The summed E-state index contributed by atoms with van der Waals surface area (Å²) in [4.78, 5) is 20.1. The zero-order valence-corrected chi connectivity index (χ0v) is 27.1. The number of anilines is 1. The minimum Gasteiger partial charge on any atom is -0.491 e. The topological polar surface area (TPSA) is 88.7 Å². The van der Waals surface area contributed by atoms with Crippen LogP contribution in [0.5, 0.6) is 5.75 Å². The van der Waals surface area contributed by atoms with Crippen LogP contribution in [0.1, 0.15) is 96.2 Å². The Bertz CT molecular complexity index is 1650. The molecule has 2 aromatic carbocycles. The number of aromatic nitrogens is 2. The second-order valence-corrected chi connectivity index (χ2v) is 15.0. The van der Waals surface area contributed by atoms with Gasteiger partial charge in [0.2, 0.25) is 5.91 Å². The van der Waals surface area contributed by atoms with Crippen molar-refractivity contribution in [1.82, 2.24) is 10.1 Å². The molecule has 5 fully saturated rings. The van der Waals surface area contributed by atoms with E-state index >= 15 is 4.39 Å². The number of alkyl halides is 4. The number of halogens is 5. The lowest BCUT2D eigenvalue weighted by atomic mass is 9.53. The Labute approximate surface area is 275 Å². The van der Waals surface area contributed by atoms with Gasteiger partial charge >= 0.3 is 6.18 Å². The normalized spacial score (nSPS) is 29.1. The van der Waals surface area contributed by atoms with Gasteiger partial charge in [0.1, 0.15) is 11.6 Å². The third-order valence-corrected chi connectivity index (χ3v) is 11.2. The average molecular weight is 674 g/mol. The van der Waals surface area contributed by atoms with E-state index in [9.17, 15) is 27.5 Å². The molecule has 5 aliphatic rings. The van der Waals surface area contributed by atoms with Gasteiger partial charge in [-0.1, -0.05) is 17.3 Å². The molecule has 48 heavy (non-hydrogen) atoms. The minimum atomic E-state index is -4.76. The number of benzene rings is 2. The largest absolute Gasteiger partial charge is 0.491 e. The van der Waals surface area contributed by atoms with E-state index in [-0.39, 0.29) is 40.7 Å². The summed E-state index contributed by atoms with van der Waals surface area (Å²) >= 11 is 0. The van der Waals surface area contributed by atoms with E-state index in [0.29, 0.717) is 42.2 Å². The van der Waals surface area contributed by atoms with Crippen molar-refractivity contribution in [2.45, 2.75) is 113 Å². The molecule has 1 N–H and O–H groups in total. The third-order valence-electron chi connectivity index (χ3n) is 11.2. The molecule has 0 atom stereocenters. The van der Waals surface area contributed by atoms with Gasteiger partial charge in [-0.15, -0.1) is 0 Å². The molecule has 0 spiro atoms. The van der Waals surface area contributed by atoms with Gasteiger partial charge < -0.3 is 19.3 Å². The predicted molar refractivity (Wildman–Crippen MR) is 166 cm³/mol. The number of hydrogen-bond acceptors (Lipinski definition) is 6. The van der Waals surface area contributed by atoms with Crippen LogP contribution in [-0.2, 0) is 15.9 Å². The quantitative estimate of drug-likeness (QED) is 0.218. The Morgan fingerprint density at radius 2 is 1.67 bits per heavy atom. The number of ether oxygens (including phenoxy) is 1. The first-order valence-electron chi connectivity index (χ1n) is 16.8. The van der Waals surface area contributed by atoms with Crippen molar-refractivity contribution >= 4 is 11.6 Å². The maximum absolute atomic E-state index is 15.3. The van der Waals surface area contributed by atoms with Crippen LogP contribution in [0.25, 0.3) is 11.1 Å². The molecule has 5 aliphatic carbocycles. The van der Waals surface area contributed by atoms with E-state index in [1.165, 1.54) is 12.1 Å². The highest BCUT2D eigenvalue weighted by molar-refractivity contribution is 5.94. The molecule has 7 nitrogen and oxygen atoms in total. The maximum atomic E-state index is 15.3. The molecule has 3 aromatic rings. The highest BCUT2D eigenvalue weighted by Gasteiger charge is 2.61. The first-order valence-corrected chi connectivity index (χ1v) is 16.8. The zero-order chi connectivity index (χ0) is 34.1. The molecule has 12 heteroatoms. The van der Waals surface area contributed by atoms with Crippen molar-refractivity contribution in [2.24, 2.45) is 11.3 Å². The van der Waals surface area contributed by atoms with Crippen molar-refractivity contribution in [3.8, 4) is 16.9 Å². The van der Waals surface area contributed by atoms with Gasteiger partial charge in [-0.25, -0.2) is 8.78 Å². The van der Waals surface area contributed by atoms with E-state index in [1.807, 2.05) is 13.8 Å². The van der Waals surface area contributed by atoms with Crippen LogP contribution in [0, 0.1) is 17.2 Å². The summed E-state index contributed by atoms with van der Waals surface area (Å²) in [7, 11) is 0. The summed E-state index contributed by atoms with van der Waals surface area (Å²) < 4.78 is 81.0. The molecular formula is C36H40F5N3O4. The Balaban J connectivity index is 1.13. The average Bonchev–Trinajstić information content (AvgIpc) is 3.56. The standard InChI is InChI=1S/C36H40F5N3O4/c1-22(2)47-26-6-3-24(4-7-26)27-18-25(5-8-28(27)37)44(29(45)17-23-19-35(46,20-23)36(39,40)41)21-32-9-12-33(13-10-32,14-11-32)30-42-31(48-43-30)34(38)15-16-34/h3-8,18,22-23,46H,9-17,19-21H2,1-2H3.